The van der Waals surface area contributed by atoms with Gasteiger partial charge in [-0.15, -0.1) is 6.58 Å². The van der Waals surface area contributed by atoms with E-state index in [4.69, 9.17) is 21.1 Å². The largest absolute Gasteiger partial charge is 0.466 e. The molecule has 196 valence electrons. The Morgan fingerprint density at radius 1 is 1.39 bits per heavy atom. The summed E-state index contributed by atoms with van der Waals surface area (Å²) in [6.07, 6.45) is 2.81. The number of benzene rings is 1. The van der Waals surface area contributed by atoms with Crippen LogP contribution in [0, 0.1) is 17.8 Å². The van der Waals surface area contributed by atoms with Gasteiger partial charge in [0, 0.05) is 6.54 Å². The maximum absolute atomic E-state index is 14.5. The van der Waals surface area contributed by atoms with Crippen molar-refractivity contribution in [2.24, 2.45) is 17.8 Å². The average Bonchev–Trinajstić information content (AvgIpc) is 3.51. The summed E-state index contributed by atoms with van der Waals surface area (Å²) in [6.45, 7) is 9.49. The number of rotatable bonds is 10. The lowest BCUT2D eigenvalue weighted by Crippen LogP contribution is -2.60. The number of amides is 2. The SMILES string of the molecule is C=CCN(C(=O)C1N([C@@H](CO)[C@@H](C)CC)C(=O)[C@@H]2[C@@H](C(=O)OCC)[C@H]3CCC12O3)c1ccccc1Cl. The minimum absolute atomic E-state index is 0.0871. The molecule has 1 aromatic rings. The van der Waals surface area contributed by atoms with E-state index in [1.165, 1.54) is 9.80 Å². The van der Waals surface area contributed by atoms with Crippen molar-refractivity contribution in [2.75, 3.05) is 24.7 Å². The molecule has 3 heterocycles. The van der Waals surface area contributed by atoms with Crippen molar-refractivity contribution in [2.45, 2.75) is 63.8 Å². The molecule has 4 rings (SSSR count). The molecule has 1 aromatic carbocycles. The van der Waals surface area contributed by atoms with Crippen LogP contribution in [0.4, 0.5) is 5.69 Å². The van der Waals surface area contributed by atoms with Crippen LogP contribution in [0.15, 0.2) is 36.9 Å². The van der Waals surface area contributed by atoms with Crippen LogP contribution < -0.4 is 4.90 Å². The summed E-state index contributed by atoms with van der Waals surface area (Å²) in [5.74, 6) is -2.91. The van der Waals surface area contributed by atoms with Crippen molar-refractivity contribution in [3.8, 4) is 0 Å². The summed E-state index contributed by atoms with van der Waals surface area (Å²) >= 11 is 6.48. The van der Waals surface area contributed by atoms with Crippen LogP contribution in [-0.2, 0) is 23.9 Å². The van der Waals surface area contributed by atoms with E-state index in [9.17, 15) is 19.5 Å². The molecular weight excluding hydrogens is 484 g/mol. The van der Waals surface area contributed by atoms with E-state index in [0.717, 1.165) is 0 Å². The van der Waals surface area contributed by atoms with Crippen LogP contribution in [-0.4, -0.2) is 71.3 Å². The Morgan fingerprint density at radius 3 is 2.72 bits per heavy atom. The van der Waals surface area contributed by atoms with Crippen molar-refractivity contribution >= 4 is 35.1 Å². The fraction of sp³-hybridized carbons (Fsp3) is 0.593. The molecule has 2 bridgehead atoms. The molecule has 2 amide bonds. The first-order valence-corrected chi connectivity index (χ1v) is 13.1. The van der Waals surface area contributed by atoms with Gasteiger partial charge < -0.3 is 24.4 Å². The van der Waals surface area contributed by atoms with Gasteiger partial charge >= 0.3 is 5.97 Å². The van der Waals surface area contributed by atoms with Gasteiger partial charge in [0.25, 0.3) is 5.91 Å². The van der Waals surface area contributed by atoms with Gasteiger partial charge in [-0.05, 0) is 37.8 Å². The third kappa shape index (κ3) is 4.03. The van der Waals surface area contributed by atoms with E-state index in [2.05, 4.69) is 6.58 Å². The van der Waals surface area contributed by atoms with Gasteiger partial charge in [-0.2, -0.15) is 0 Å². The predicted octanol–water partition coefficient (Wildman–Crippen LogP) is 3.20. The number of fused-ring (bicyclic) bond motifs is 1. The molecule has 8 nitrogen and oxygen atoms in total. The monoisotopic (exact) mass is 518 g/mol. The quantitative estimate of drug-likeness (QED) is 0.377. The third-order valence-corrected chi connectivity index (χ3v) is 8.42. The summed E-state index contributed by atoms with van der Waals surface area (Å²) in [6, 6.07) is 5.36. The van der Waals surface area contributed by atoms with Crippen LogP contribution in [0.3, 0.4) is 0 Å². The zero-order valence-electron chi connectivity index (χ0n) is 21.1. The Morgan fingerprint density at radius 2 is 2.11 bits per heavy atom. The zero-order chi connectivity index (χ0) is 26.2. The molecule has 36 heavy (non-hydrogen) atoms. The summed E-state index contributed by atoms with van der Waals surface area (Å²) < 4.78 is 11.8. The topological polar surface area (TPSA) is 96.4 Å². The molecule has 3 fully saturated rings. The fourth-order valence-corrected chi connectivity index (χ4v) is 6.54. The highest BCUT2D eigenvalue weighted by Crippen LogP contribution is 2.59. The minimum atomic E-state index is -1.18. The Bertz CT molecular complexity index is 1030. The highest BCUT2D eigenvalue weighted by molar-refractivity contribution is 6.34. The van der Waals surface area contributed by atoms with Crippen molar-refractivity contribution in [1.29, 1.82) is 0 Å². The van der Waals surface area contributed by atoms with Gasteiger partial charge in [-0.25, -0.2) is 0 Å². The smallest absolute Gasteiger partial charge is 0.312 e. The number of aliphatic hydroxyl groups excluding tert-OH is 1. The molecule has 2 unspecified atom stereocenters. The van der Waals surface area contributed by atoms with Crippen molar-refractivity contribution in [3.63, 3.8) is 0 Å². The third-order valence-electron chi connectivity index (χ3n) is 8.10. The Labute approximate surface area is 217 Å². The number of anilines is 1. The molecule has 7 atom stereocenters. The minimum Gasteiger partial charge on any atom is -0.466 e. The number of carbonyl (C=O) groups is 3. The number of likely N-dealkylation sites (tertiary alicyclic amines) is 1. The fourth-order valence-electron chi connectivity index (χ4n) is 6.30. The number of carbonyl (C=O) groups excluding carboxylic acids is 3. The van der Waals surface area contributed by atoms with Gasteiger partial charge in [0.15, 0.2) is 0 Å². The highest BCUT2D eigenvalue weighted by atomic mass is 35.5. The Balaban J connectivity index is 1.85. The van der Waals surface area contributed by atoms with Gasteiger partial charge in [0.2, 0.25) is 5.91 Å². The van der Waals surface area contributed by atoms with Crippen molar-refractivity contribution < 1.29 is 29.0 Å². The standard InChI is InChI=1S/C27H35ClN2O6/c1-5-14-29(18-11-9-8-10-17(18)28)25(33)23-27-13-12-20(36-27)21(26(34)35-7-3)22(27)24(32)30(23)19(15-31)16(4)6-2/h5,8-11,16,19-23,31H,1,6-7,12-15H2,2-4H3/t16-,19-,20+,21-,22-,23?,27?/m0/s1. The molecular formula is C27H35ClN2O6. The van der Waals surface area contributed by atoms with Gasteiger partial charge in [-0.3, -0.25) is 14.4 Å². The van der Waals surface area contributed by atoms with E-state index in [0.29, 0.717) is 30.0 Å². The van der Waals surface area contributed by atoms with Gasteiger partial charge in [0.1, 0.15) is 11.6 Å². The van der Waals surface area contributed by atoms with Crippen LogP contribution >= 0.6 is 11.6 Å². The van der Waals surface area contributed by atoms with E-state index >= 15 is 0 Å². The number of esters is 1. The second kappa shape index (κ2) is 10.5. The molecule has 0 aliphatic carbocycles. The number of hydrogen-bond donors (Lipinski definition) is 1. The Hall–Kier alpha value is -2.42. The molecule has 1 spiro atoms. The number of para-hydroxylation sites is 1. The van der Waals surface area contributed by atoms with Crippen LogP contribution in [0.2, 0.25) is 5.02 Å². The number of nitrogens with zero attached hydrogens (tertiary/aromatic N) is 2. The molecule has 0 saturated carbocycles. The second-order valence-electron chi connectivity index (χ2n) is 9.88. The predicted molar refractivity (Wildman–Crippen MR) is 135 cm³/mol. The average molecular weight is 519 g/mol. The maximum Gasteiger partial charge on any atom is 0.312 e. The molecule has 3 saturated heterocycles. The van der Waals surface area contributed by atoms with Gasteiger partial charge in [0.05, 0.1) is 47.9 Å². The lowest BCUT2D eigenvalue weighted by molar-refractivity contribution is -0.155. The maximum atomic E-state index is 14.5. The first-order valence-electron chi connectivity index (χ1n) is 12.7. The normalized spacial score (nSPS) is 30.1. The molecule has 3 aliphatic heterocycles. The zero-order valence-corrected chi connectivity index (χ0v) is 21.8. The van der Waals surface area contributed by atoms with E-state index < -0.39 is 41.6 Å². The van der Waals surface area contributed by atoms with Crippen molar-refractivity contribution in [1.82, 2.24) is 4.90 Å². The summed E-state index contributed by atoms with van der Waals surface area (Å²) in [4.78, 5) is 44.6. The first kappa shape index (κ1) is 26.6. The summed E-state index contributed by atoms with van der Waals surface area (Å²) in [7, 11) is 0. The molecule has 1 N–H and O–H groups in total. The van der Waals surface area contributed by atoms with Gasteiger partial charge in [-0.1, -0.05) is 50.1 Å². The van der Waals surface area contributed by atoms with E-state index in [1.807, 2.05) is 13.8 Å². The molecule has 0 radical (unpaired) electrons. The highest BCUT2D eigenvalue weighted by Gasteiger charge is 2.75. The Kier molecular flexibility index (Phi) is 7.78. The number of halogens is 1. The molecule has 9 heteroatoms. The molecule has 0 aromatic heterocycles. The summed E-state index contributed by atoms with van der Waals surface area (Å²) in [5.41, 5.74) is -0.687. The first-order chi connectivity index (χ1) is 17.3. The van der Waals surface area contributed by atoms with Crippen LogP contribution in [0.1, 0.15) is 40.0 Å². The lowest BCUT2D eigenvalue weighted by atomic mass is 9.70. The number of hydrogen-bond acceptors (Lipinski definition) is 6. The number of ether oxygens (including phenoxy) is 2. The van der Waals surface area contributed by atoms with Crippen LogP contribution in [0.25, 0.3) is 0 Å². The molecule has 3 aliphatic rings. The van der Waals surface area contributed by atoms with Crippen LogP contribution in [0.5, 0.6) is 0 Å². The van der Waals surface area contributed by atoms with Crippen molar-refractivity contribution in [3.05, 3.63) is 41.9 Å². The lowest BCUT2D eigenvalue weighted by Gasteiger charge is -2.41. The van der Waals surface area contributed by atoms with E-state index in [-0.39, 0.29) is 37.5 Å². The summed E-state index contributed by atoms with van der Waals surface area (Å²) in [5, 5.41) is 10.8. The number of aliphatic hydroxyl groups is 1. The second-order valence-corrected chi connectivity index (χ2v) is 10.3. The van der Waals surface area contributed by atoms with E-state index in [1.54, 1.807) is 37.3 Å².